The van der Waals surface area contributed by atoms with E-state index in [0.29, 0.717) is 12.1 Å². The summed E-state index contributed by atoms with van der Waals surface area (Å²) in [5.74, 6) is 0.738. The Balaban J connectivity index is 1.32. The van der Waals surface area contributed by atoms with E-state index in [1.807, 2.05) is 78.9 Å². The Morgan fingerprint density at radius 1 is 0.914 bits per heavy atom. The predicted molar refractivity (Wildman–Crippen MR) is 143 cm³/mol. The molecule has 3 N–H and O–H groups in total. The number of para-hydroxylation sites is 2. The van der Waals surface area contributed by atoms with Crippen LogP contribution in [0.4, 0.5) is 5.69 Å². The second-order valence-electron chi connectivity index (χ2n) is 8.72. The summed E-state index contributed by atoms with van der Waals surface area (Å²) in [5, 5.41) is 2.08. The van der Waals surface area contributed by atoms with Crippen LogP contribution in [-0.4, -0.2) is 19.9 Å². The molecule has 6 nitrogen and oxygen atoms in total. The third kappa shape index (κ3) is 5.26. The van der Waals surface area contributed by atoms with Crippen LogP contribution in [0.15, 0.2) is 83.3 Å². The molecule has 5 rings (SSSR count). The number of aryl methyl sites for hydroxylation is 1. The number of aromatic nitrogens is 1. The maximum absolute atomic E-state index is 12.7. The molecule has 0 atom stereocenters. The van der Waals surface area contributed by atoms with E-state index in [4.69, 9.17) is 4.42 Å². The summed E-state index contributed by atoms with van der Waals surface area (Å²) in [5.41, 5.74) is 5.45. The van der Waals surface area contributed by atoms with Crippen LogP contribution in [0.5, 0.6) is 0 Å². The summed E-state index contributed by atoms with van der Waals surface area (Å²) in [4.78, 5) is 3.46. The number of unbranched alkanes of at least 4 members (excludes halogenated alkanes) is 1. The van der Waals surface area contributed by atoms with Crippen LogP contribution < -0.4 is 9.44 Å². The van der Waals surface area contributed by atoms with Crippen molar-refractivity contribution < 1.29 is 12.8 Å². The summed E-state index contributed by atoms with van der Waals surface area (Å²) >= 11 is 0. The fraction of sp³-hybridized carbons (Fsp3) is 0.214. The van der Waals surface area contributed by atoms with Crippen molar-refractivity contribution in [2.24, 2.45) is 0 Å². The van der Waals surface area contributed by atoms with Crippen LogP contribution in [0.25, 0.3) is 33.3 Å². The lowest BCUT2D eigenvalue weighted by molar-refractivity contribution is 0.587. The third-order valence-electron chi connectivity index (χ3n) is 6.18. The van der Waals surface area contributed by atoms with Gasteiger partial charge in [-0.25, -0.2) is 0 Å². The van der Waals surface area contributed by atoms with Crippen LogP contribution in [-0.2, 0) is 23.1 Å². The highest BCUT2D eigenvalue weighted by atomic mass is 32.2. The van der Waals surface area contributed by atoms with Gasteiger partial charge < -0.3 is 9.40 Å². The maximum atomic E-state index is 12.7. The first-order chi connectivity index (χ1) is 17.0. The van der Waals surface area contributed by atoms with Gasteiger partial charge in [-0.3, -0.25) is 4.72 Å². The summed E-state index contributed by atoms with van der Waals surface area (Å²) in [6.07, 6.45) is 3.76. The van der Waals surface area contributed by atoms with Gasteiger partial charge >= 0.3 is 0 Å². The number of nitrogens with one attached hydrogen (secondary N) is 3. The molecule has 0 fully saturated rings. The van der Waals surface area contributed by atoms with Crippen LogP contribution in [0.2, 0.25) is 0 Å². The number of furan rings is 1. The Kier molecular flexibility index (Phi) is 6.61. The van der Waals surface area contributed by atoms with Crippen molar-refractivity contribution in [3.63, 3.8) is 0 Å². The van der Waals surface area contributed by atoms with Crippen molar-refractivity contribution in [1.82, 2.24) is 9.71 Å². The zero-order chi connectivity index (χ0) is 24.3. The molecule has 5 aromatic rings. The standard InChI is InChI=1S/C28H29N3O3S/c1-2-3-8-20-13-15-22(16-14-20)31-35(32,33)29-18-17-24-23-10-5-6-11-25(23)30-28(24)27-19-21-9-4-7-12-26(21)34-27/h4-7,9-16,19,29-31H,2-3,8,17-18H2,1H3. The van der Waals surface area contributed by atoms with Gasteiger partial charge in [-0.2, -0.15) is 13.1 Å². The molecule has 0 radical (unpaired) electrons. The number of fused-ring (bicyclic) bond motifs is 2. The molecular weight excluding hydrogens is 458 g/mol. The number of hydrogen-bond donors (Lipinski definition) is 3. The normalized spacial score (nSPS) is 11.9. The van der Waals surface area contributed by atoms with Gasteiger partial charge in [0.15, 0.2) is 5.76 Å². The van der Waals surface area contributed by atoms with Crippen LogP contribution in [0.3, 0.4) is 0 Å². The first-order valence-corrected chi connectivity index (χ1v) is 13.5. The minimum atomic E-state index is -3.70. The van der Waals surface area contributed by atoms with Gasteiger partial charge in [-0.05, 0) is 60.7 Å². The first kappa shape index (κ1) is 23.2. The molecule has 0 saturated heterocycles. The van der Waals surface area contributed by atoms with E-state index in [9.17, 15) is 8.42 Å². The Hall–Kier alpha value is -3.55. The monoisotopic (exact) mass is 487 g/mol. The minimum absolute atomic E-state index is 0.249. The molecule has 2 aromatic heterocycles. The van der Waals surface area contributed by atoms with Crippen molar-refractivity contribution in [1.29, 1.82) is 0 Å². The molecule has 0 spiro atoms. The number of hydrogen-bond acceptors (Lipinski definition) is 3. The molecular formula is C28H29N3O3S. The molecule has 0 bridgehead atoms. The van der Waals surface area contributed by atoms with Crippen molar-refractivity contribution in [2.75, 3.05) is 11.3 Å². The topological polar surface area (TPSA) is 87.1 Å². The fourth-order valence-corrected chi connectivity index (χ4v) is 5.29. The molecule has 35 heavy (non-hydrogen) atoms. The lowest BCUT2D eigenvalue weighted by Gasteiger charge is -2.10. The highest BCUT2D eigenvalue weighted by Crippen LogP contribution is 2.34. The summed E-state index contributed by atoms with van der Waals surface area (Å²) < 4.78 is 36.7. The van der Waals surface area contributed by atoms with E-state index in [1.165, 1.54) is 5.56 Å². The maximum Gasteiger partial charge on any atom is 0.299 e. The van der Waals surface area contributed by atoms with Crippen LogP contribution >= 0.6 is 0 Å². The molecule has 2 heterocycles. The van der Waals surface area contributed by atoms with Crippen LogP contribution in [0.1, 0.15) is 30.9 Å². The molecule has 180 valence electrons. The smallest absolute Gasteiger partial charge is 0.299 e. The largest absolute Gasteiger partial charge is 0.455 e. The van der Waals surface area contributed by atoms with E-state index in [0.717, 1.165) is 58.2 Å². The quantitative estimate of drug-likeness (QED) is 0.213. The number of H-pyrrole nitrogens is 1. The molecule has 0 aliphatic rings. The van der Waals surface area contributed by atoms with E-state index in [-0.39, 0.29) is 6.54 Å². The molecule has 0 saturated carbocycles. The molecule has 0 aliphatic carbocycles. The van der Waals surface area contributed by atoms with Gasteiger partial charge in [0.25, 0.3) is 10.2 Å². The van der Waals surface area contributed by atoms with Gasteiger partial charge in [-0.15, -0.1) is 0 Å². The number of aromatic amines is 1. The lowest BCUT2D eigenvalue weighted by Crippen LogP contribution is -2.31. The fourth-order valence-electron chi connectivity index (χ4n) is 4.40. The third-order valence-corrected chi connectivity index (χ3v) is 7.27. The van der Waals surface area contributed by atoms with Gasteiger partial charge in [0.05, 0.1) is 5.69 Å². The molecule has 7 heteroatoms. The first-order valence-electron chi connectivity index (χ1n) is 12.0. The van der Waals surface area contributed by atoms with Crippen molar-refractivity contribution in [3.8, 4) is 11.5 Å². The van der Waals surface area contributed by atoms with Gasteiger partial charge in [0.1, 0.15) is 5.58 Å². The number of benzene rings is 3. The van der Waals surface area contributed by atoms with Crippen LogP contribution in [0, 0.1) is 0 Å². The summed E-state index contributed by atoms with van der Waals surface area (Å²) in [6, 6.07) is 25.5. The highest BCUT2D eigenvalue weighted by molar-refractivity contribution is 7.90. The van der Waals surface area contributed by atoms with Crippen molar-refractivity contribution in [3.05, 3.63) is 90.0 Å². The Morgan fingerprint density at radius 3 is 2.49 bits per heavy atom. The number of rotatable bonds is 10. The second-order valence-corrected chi connectivity index (χ2v) is 10.2. The molecule has 0 amide bonds. The highest BCUT2D eigenvalue weighted by Gasteiger charge is 2.17. The van der Waals surface area contributed by atoms with E-state index in [1.54, 1.807) is 0 Å². The second kappa shape index (κ2) is 9.98. The molecule has 0 aliphatic heterocycles. The predicted octanol–water partition coefficient (Wildman–Crippen LogP) is 6.41. The van der Waals surface area contributed by atoms with Gasteiger partial charge in [0, 0.05) is 28.5 Å². The number of anilines is 1. The SMILES string of the molecule is CCCCc1ccc(NS(=O)(=O)NCCc2c(-c3cc4ccccc4o3)[nH]c3ccccc23)cc1. The summed E-state index contributed by atoms with van der Waals surface area (Å²) in [7, 11) is -3.70. The van der Waals surface area contributed by atoms with Gasteiger partial charge in [0.2, 0.25) is 0 Å². The summed E-state index contributed by atoms with van der Waals surface area (Å²) in [6.45, 7) is 2.41. The minimum Gasteiger partial charge on any atom is -0.455 e. The lowest BCUT2D eigenvalue weighted by atomic mass is 10.1. The average molecular weight is 488 g/mol. The average Bonchev–Trinajstić information content (AvgIpc) is 3.45. The zero-order valence-electron chi connectivity index (χ0n) is 19.7. The molecule has 3 aromatic carbocycles. The van der Waals surface area contributed by atoms with E-state index < -0.39 is 10.2 Å². The van der Waals surface area contributed by atoms with Crippen molar-refractivity contribution >= 4 is 37.8 Å². The van der Waals surface area contributed by atoms with Gasteiger partial charge in [-0.1, -0.05) is 61.9 Å². The van der Waals surface area contributed by atoms with E-state index in [2.05, 4.69) is 21.4 Å². The molecule has 0 unspecified atom stereocenters. The Morgan fingerprint density at radius 2 is 1.69 bits per heavy atom. The van der Waals surface area contributed by atoms with E-state index >= 15 is 0 Å². The zero-order valence-corrected chi connectivity index (χ0v) is 20.5. The van der Waals surface area contributed by atoms with Crippen molar-refractivity contribution in [2.45, 2.75) is 32.6 Å². The Bertz CT molecular complexity index is 1520. The Labute approximate surface area is 205 Å².